The normalized spacial score (nSPS) is 13.0. The van der Waals surface area contributed by atoms with Crippen molar-refractivity contribution < 1.29 is 14.6 Å². The predicted octanol–water partition coefficient (Wildman–Crippen LogP) is 2.01. The van der Waals surface area contributed by atoms with E-state index in [4.69, 9.17) is 26.2 Å². The van der Waals surface area contributed by atoms with Crippen LogP contribution in [0.15, 0.2) is 12.1 Å². The Morgan fingerprint density at radius 2 is 2.20 bits per heavy atom. The minimum Gasteiger partial charge on any atom is -0.396 e. The largest absolute Gasteiger partial charge is 0.396 e. The Morgan fingerprint density at radius 3 is 2.80 bits per heavy atom. The fraction of sp³-hybridized carbons (Fsp3) is 0.600. The van der Waals surface area contributed by atoms with Crippen LogP contribution in [0.2, 0.25) is 0 Å². The molecule has 1 aromatic rings. The molecule has 15 heavy (non-hydrogen) atoms. The molecule has 0 fully saturated rings. The lowest BCUT2D eigenvalue weighted by atomic mass is 10.3. The molecular formula is C10H15ClO3S. The summed E-state index contributed by atoms with van der Waals surface area (Å²) in [7, 11) is 1.57. The van der Waals surface area contributed by atoms with Crippen LogP contribution in [0.5, 0.6) is 0 Å². The van der Waals surface area contributed by atoms with Gasteiger partial charge >= 0.3 is 0 Å². The molecule has 1 N–H and O–H groups in total. The number of thiophene rings is 1. The molecule has 0 bridgehead atoms. The summed E-state index contributed by atoms with van der Waals surface area (Å²) in [5, 5.41) is 8.76. The highest BCUT2D eigenvalue weighted by Gasteiger charge is 2.06. The monoisotopic (exact) mass is 250 g/mol. The highest BCUT2D eigenvalue weighted by atomic mass is 35.5. The van der Waals surface area contributed by atoms with Crippen molar-refractivity contribution in [1.82, 2.24) is 0 Å². The van der Waals surface area contributed by atoms with Crippen LogP contribution in [0, 0.1) is 0 Å². The van der Waals surface area contributed by atoms with E-state index in [-0.39, 0.29) is 12.9 Å². The van der Waals surface area contributed by atoms with E-state index in [0.717, 1.165) is 9.75 Å². The van der Waals surface area contributed by atoms with E-state index in [0.29, 0.717) is 18.9 Å². The number of hydrogen-bond donors (Lipinski definition) is 1. The topological polar surface area (TPSA) is 38.7 Å². The second-order valence-electron chi connectivity index (χ2n) is 2.97. The third-order valence-electron chi connectivity index (χ3n) is 1.88. The number of aliphatic hydroxyl groups excluding tert-OH is 1. The van der Waals surface area contributed by atoms with E-state index in [1.165, 1.54) is 0 Å². The average Bonchev–Trinajstić information content (AvgIpc) is 2.68. The zero-order valence-electron chi connectivity index (χ0n) is 8.61. The average molecular weight is 251 g/mol. The summed E-state index contributed by atoms with van der Waals surface area (Å²) in [5.41, 5.74) is 0. The van der Waals surface area contributed by atoms with Gasteiger partial charge in [0, 0.05) is 29.9 Å². The third-order valence-corrected chi connectivity index (χ3v) is 3.25. The van der Waals surface area contributed by atoms with Crippen molar-refractivity contribution in [3.05, 3.63) is 21.9 Å². The molecule has 1 rings (SSSR count). The Balaban J connectivity index is 2.36. The molecule has 0 saturated carbocycles. The first-order valence-electron chi connectivity index (χ1n) is 4.69. The van der Waals surface area contributed by atoms with Gasteiger partial charge in [-0.25, -0.2) is 0 Å². The summed E-state index contributed by atoms with van der Waals surface area (Å²) in [6, 6.07) is 4.00. The van der Waals surface area contributed by atoms with E-state index < -0.39 is 0 Å². The first-order valence-corrected chi connectivity index (χ1v) is 6.04. The van der Waals surface area contributed by atoms with Crippen molar-refractivity contribution in [1.29, 1.82) is 0 Å². The number of alkyl halides is 1. The standard InChI is InChI=1S/C10H15ClO3S/c1-13-10(6-11)14-7-9-3-2-8(15-9)4-5-12/h2-3,10,12H,4-7H2,1H3. The molecule has 0 amide bonds. The molecule has 5 heteroatoms. The quantitative estimate of drug-likeness (QED) is 0.594. The fourth-order valence-electron chi connectivity index (χ4n) is 1.10. The van der Waals surface area contributed by atoms with Gasteiger partial charge in [0.15, 0.2) is 6.29 Å². The van der Waals surface area contributed by atoms with Crippen molar-refractivity contribution in [2.24, 2.45) is 0 Å². The van der Waals surface area contributed by atoms with Crippen LogP contribution >= 0.6 is 22.9 Å². The van der Waals surface area contributed by atoms with Gasteiger partial charge in [0.05, 0.1) is 12.5 Å². The van der Waals surface area contributed by atoms with Crippen LogP contribution in [-0.2, 0) is 22.5 Å². The summed E-state index contributed by atoms with van der Waals surface area (Å²) in [5.74, 6) is 0.325. The van der Waals surface area contributed by atoms with Crippen LogP contribution in [-0.4, -0.2) is 31.0 Å². The predicted molar refractivity (Wildman–Crippen MR) is 61.4 cm³/mol. The lowest BCUT2D eigenvalue weighted by Gasteiger charge is -2.11. The molecule has 0 aliphatic heterocycles. The first kappa shape index (κ1) is 12.9. The van der Waals surface area contributed by atoms with Crippen molar-refractivity contribution in [2.75, 3.05) is 19.6 Å². The molecular weight excluding hydrogens is 236 g/mol. The molecule has 3 nitrogen and oxygen atoms in total. The maximum absolute atomic E-state index is 8.76. The molecule has 0 aliphatic rings. The number of rotatable bonds is 7. The second kappa shape index (κ2) is 7.19. The summed E-state index contributed by atoms with van der Waals surface area (Å²) >= 11 is 7.25. The van der Waals surface area contributed by atoms with E-state index >= 15 is 0 Å². The summed E-state index contributed by atoms with van der Waals surface area (Å²) in [4.78, 5) is 2.28. The molecule has 1 aromatic heterocycles. The van der Waals surface area contributed by atoms with Gasteiger partial charge in [-0.3, -0.25) is 0 Å². The van der Waals surface area contributed by atoms with E-state index in [9.17, 15) is 0 Å². The van der Waals surface area contributed by atoms with Gasteiger partial charge in [-0.1, -0.05) is 0 Å². The Labute approximate surface area is 98.6 Å². The second-order valence-corrected chi connectivity index (χ2v) is 4.53. The minimum atomic E-state index is -0.352. The van der Waals surface area contributed by atoms with Gasteiger partial charge in [0.1, 0.15) is 0 Å². The van der Waals surface area contributed by atoms with Gasteiger partial charge in [0.2, 0.25) is 0 Å². The van der Waals surface area contributed by atoms with Gasteiger partial charge in [-0.05, 0) is 12.1 Å². The SMILES string of the molecule is COC(CCl)OCc1ccc(CCO)s1. The number of hydrogen-bond acceptors (Lipinski definition) is 4. The Hall–Kier alpha value is -0.130. The van der Waals surface area contributed by atoms with Gasteiger partial charge < -0.3 is 14.6 Å². The lowest BCUT2D eigenvalue weighted by molar-refractivity contribution is -0.115. The van der Waals surface area contributed by atoms with Crippen molar-refractivity contribution in [3.63, 3.8) is 0 Å². The van der Waals surface area contributed by atoms with E-state index in [1.54, 1.807) is 18.4 Å². The molecule has 0 aromatic carbocycles. The maximum Gasteiger partial charge on any atom is 0.171 e. The maximum atomic E-state index is 8.76. The zero-order valence-corrected chi connectivity index (χ0v) is 10.2. The smallest absolute Gasteiger partial charge is 0.171 e. The minimum absolute atomic E-state index is 0.184. The van der Waals surface area contributed by atoms with Crippen LogP contribution < -0.4 is 0 Å². The number of halogens is 1. The van der Waals surface area contributed by atoms with Crippen molar-refractivity contribution in [2.45, 2.75) is 19.3 Å². The summed E-state index contributed by atoms with van der Waals surface area (Å²) in [6.45, 7) is 0.685. The molecule has 1 unspecified atom stereocenters. The van der Waals surface area contributed by atoms with Gasteiger partial charge in [-0.15, -0.1) is 22.9 Å². The summed E-state index contributed by atoms with van der Waals surface area (Å²) < 4.78 is 10.4. The summed E-state index contributed by atoms with van der Waals surface area (Å²) in [6.07, 6.45) is 0.350. The fourth-order valence-corrected chi connectivity index (χ4v) is 2.24. The van der Waals surface area contributed by atoms with Crippen LogP contribution in [0.3, 0.4) is 0 Å². The molecule has 0 saturated heterocycles. The number of methoxy groups -OCH3 is 1. The Bertz CT molecular complexity index is 273. The molecule has 0 aliphatic carbocycles. The number of ether oxygens (including phenoxy) is 2. The molecule has 1 heterocycles. The molecule has 1 atom stereocenters. The van der Waals surface area contributed by atoms with Crippen LogP contribution in [0.4, 0.5) is 0 Å². The number of aliphatic hydroxyl groups is 1. The Kier molecular flexibility index (Phi) is 6.20. The van der Waals surface area contributed by atoms with Crippen molar-refractivity contribution >= 4 is 22.9 Å². The lowest BCUT2D eigenvalue weighted by Crippen LogP contribution is -2.16. The third kappa shape index (κ3) is 4.49. The molecule has 86 valence electrons. The molecule has 0 spiro atoms. The van der Waals surface area contributed by atoms with E-state index in [2.05, 4.69) is 0 Å². The Morgan fingerprint density at radius 1 is 1.47 bits per heavy atom. The highest BCUT2D eigenvalue weighted by Crippen LogP contribution is 2.18. The van der Waals surface area contributed by atoms with Gasteiger partial charge in [-0.2, -0.15) is 0 Å². The van der Waals surface area contributed by atoms with Crippen LogP contribution in [0.25, 0.3) is 0 Å². The zero-order chi connectivity index (χ0) is 11.1. The first-order chi connectivity index (χ1) is 7.30. The van der Waals surface area contributed by atoms with Crippen molar-refractivity contribution in [3.8, 4) is 0 Å². The highest BCUT2D eigenvalue weighted by molar-refractivity contribution is 7.11. The van der Waals surface area contributed by atoms with E-state index in [1.807, 2.05) is 12.1 Å². The molecule has 0 radical (unpaired) electrons. The van der Waals surface area contributed by atoms with Crippen LogP contribution in [0.1, 0.15) is 9.75 Å². The van der Waals surface area contributed by atoms with Gasteiger partial charge in [0.25, 0.3) is 0 Å².